The highest BCUT2D eigenvalue weighted by atomic mass is 16.5. The van der Waals surface area contributed by atoms with Crippen LogP contribution < -0.4 is 5.32 Å². The second kappa shape index (κ2) is 7.29. The first-order valence-corrected chi connectivity index (χ1v) is 6.87. The molecular weight excluding hydrogens is 238 g/mol. The number of ether oxygens (including phenoxy) is 1. The Kier molecular flexibility index (Phi) is 6.03. The number of benzene rings is 1. The molecule has 0 radical (unpaired) electrons. The average Bonchev–Trinajstić information content (AvgIpc) is 2.42. The van der Waals surface area contributed by atoms with Crippen LogP contribution >= 0.6 is 0 Å². The summed E-state index contributed by atoms with van der Waals surface area (Å²) >= 11 is 0. The zero-order chi connectivity index (χ0) is 14.4. The van der Waals surface area contributed by atoms with Crippen LogP contribution in [0.15, 0.2) is 18.2 Å². The first-order valence-electron chi connectivity index (χ1n) is 6.87. The molecule has 19 heavy (non-hydrogen) atoms. The van der Waals surface area contributed by atoms with Crippen molar-refractivity contribution in [2.45, 2.75) is 46.7 Å². The molecule has 1 rings (SSSR count). The highest BCUT2D eigenvalue weighted by molar-refractivity contribution is 5.75. The molecule has 106 valence electrons. The van der Waals surface area contributed by atoms with Crippen molar-refractivity contribution in [1.29, 1.82) is 0 Å². The van der Waals surface area contributed by atoms with Gasteiger partial charge in [-0.3, -0.25) is 4.79 Å². The summed E-state index contributed by atoms with van der Waals surface area (Å²) in [6, 6.07) is 6.13. The van der Waals surface area contributed by atoms with Crippen molar-refractivity contribution in [3.8, 4) is 0 Å². The van der Waals surface area contributed by atoms with E-state index in [4.69, 9.17) is 4.74 Å². The molecule has 1 N–H and O–H groups in total. The zero-order valence-electron chi connectivity index (χ0n) is 12.6. The summed E-state index contributed by atoms with van der Waals surface area (Å²) < 4.78 is 4.87. The summed E-state index contributed by atoms with van der Waals surface area (Å²) in [6.07, 6.45) is 0.944. The van der Waals surface area contributed by atoms with Crippen molar-refractivity contribution in [3.63, 3.8) is 0 Å². The molecule has 0 aliphatic carbocycles. The Labute approximate surface area is 116 Å². The summed E-state index contributed by atoms with van der Waals surface area (Å²) in [6.45, 7) is 9.03. The number of rotatable bonds is 6. The van der Waals surface area contributed by atoms with Gasteiger partial charge in [0.25, 0.3) is 0 Å². The lowest BCUT2D eigenvalue weighted by atomic mass is 9.98. The topological polar surface area (TPSA) is 38.3 Å². The molecule has 0 aliphatic rings. The minimum absolute atomic E-state index is 0.182. The monoisotopic (exact) mass is 263 g/mol. The molecule has 1 aromatic carbocycles. The number of methoxy groups -OCH3 is 1. The van der Waals surface area contributed by atoms with E-state index >= 15 is 0 Å². The molecule has 0 aromatic heterocycles. The fourth-order valence-electron chi connectivity index (χ4n) is 2.02. The maximum Gasteiger partial charge on any atom is 0.323 e. The number of hydrogen-bond acceptors (Lipinski definition) is 3. The third-order valence-electron chi connectivity index (χ3n) is 3.77. The van der Waals surface area contributed by atoms with Crippen molar-refractivity contribution in [1.82, 2.24) is 5.32 Å². The van der Waals surface area contributed by atoms with Crippen LogP contribution in [-0.2, 0) is 16.1 Å². The van der Waals surface area contributed by atoms with Gasteiger partial charge in [0.2, 0.25) is 0 Å². The van der Waals surface area contributed by atoms with E-state index in [0.29, 0.717) is 6.54 Å². The minimum atomic E-state index is -0.239. The Morgan fingerprint density at radius 2 is 2.00 bits per heavy atom. The van der Waals surface area contributed by atoms with E-state index < -0.39 is 0 Å². The highest BCUT2D eigenvalue weighted by Crippen LogP contribution is 2.13. The van der Waals surface area contributed by atoms with E-state index in [1.807, 2.05) is 0 Å². The molecule has 0 bridgehead atoms. The predicted molar refractivity (Wildman–Crippen MR) is 78.0 cm³/mol. The van der Waals surface area contributed by atoms with Crippen molar-refractivity contribution in [2.75, 3.05) is 7.11 Å². The summed E-state index contributed by atoms with van der Waals surface area (Å²) in [5, 5.41) is 3.31. The maximum atomic E-state index is 11.8. The van der Waals surface area contributed by atoms with Crippen molar-refractivity contribution in [2.24, 2.45) is 5.92 Å². The van der Waals surface area contributed by atoms with E-state index in [9.17, 15) is 4.79 Å². The fraction of sp³-hybridized carbons (Fsp3) is 0.562. The average molecular weight is 263 g/mol. The van der Waals surface area contributed by atoms with Gasteiger partial charge in [-0.15, -0.1) is 0 Å². The molecule has 1 aromatic rings. The Morgan fingerprint density at radius 1 is 1.32 bits per heavy atom. The number of carbonyl (C=O) groups is 1. The number of hydrogen-bond donors (Lipinski definition) is 1. The molecule has 0 aliphatic heterocycles. The predicted octanol–water partition coefficient (Wildman–Crippen LogP) is 2.98. The number of aryl methyl sites for hydroxylation is 2. The number of carbonyl (C=O) groups excluding carboxylic acids is 1. The molecule has 0 saturated carbocycles. The van der Waals surface area contributed by atoms with Crippen LogP contribution in [0.25, 0.3) is 0 Å². The normalized spacial score (nSPS) is 13.9. The maximum absolute atomic E-state index is 11.8. The van der Waals surface area contributed by atoms with Gasteiger partial charge in [0.05, 0.1) is 7.11 Å². The van der Waals surface area contributed by atoms with E-state index in [-0.39, 0.29) is 17.9 Å². The lowest BCUT2D eigenvalue weighted by Crippen LogP contribution is -2.42. The Bertz CT molecular complexity index is 429. The van der Waals surface area contributed by atoms with Crippen molar-refractivity contribution < 1.29 is 9.53 Å². The second-order valence-electron chi connectivity index (χ2n) is 5.19. The molecule has 2 unspecified atom stereocenters. The summed E-state index contributed by atoms with van der Waals surface area (Å²) in [7, 11) is 1.44. The van der Waals surface area contributed by atoms with E-state index in [1.165, 1.54) is 23.8 Å². The van der Waals surface area contributed by atoms with Gasteiger partial charge >= 0.3 is 5.97 Å². The second-order valence-corrected chi connectivity index (χ2v) is 5.19. The van der Waals surface area contributed by atoms with Gasteiger partial charge in [0.1, 0.15) is 6.04 Å². The van der Waals surface area contributed by atoms with E-state index in [1.54, 1.807) is 0 Å². The van der Waals surface area contributed by atoms with E-state index in [0.717, 1.165) is 6.42 Å². The van der Waals surface area contributed by atoms with Crippen LogP contribution in [0, 0.1) is 19.8 Å². The van der Waals surface area contributed by atoms with Gasteiger partial charge in [-0.25, -0.2) is 0 Å². The molecule has 3 nitrogen and oxygen atoms in total. The molecule has 3 heteroatoms. The van der Waals surface area contributed by atoms with Crippen LogP contribution in [0.1, 0.15) is 37.0 Å². The molecule has 0 amide bonds. The molecule has 0 saturated heterocycles. The van der Waals surface area contributed by atoms with Crippen LogP contribution in [0.4, 0.5) is 0 Å². The van der Waals surface area contributed by atoms with Gasteiger partial charge in [-0.1, -0.05) is 38.5 Å². The zero-order valence-corrected chi connectivity index (χ0v) is 12.6. The Morgan fingerprint density at radius 3 is 2.53 bits per heavy atom. The third-order valence-corrected chi connectivity index (χ3v) is 3.77. The molecule has 0 heterocycles. The van der Waals surface area contributed by atoms with Crippen LogP contribution in [0.5, 0.6) is 0 Å². The Balaban J connectivity index is 2.70. The smallest absolute Gasteiger partial charge is 0.323 e. The SMILES string of the molecule is CCC(C)C(NCc1ccc(C)c(C)c1)C(=O)OC. The van der Waals surface area contributed by atoms with Gasteiger partial charge in [0, 0.05) is 6.54 Å². The van der Waals surface area contributed by atoms with Gasteiger partial charge < -0.3 is 10.1 Å². The molecule has 2 atom stereocenters. The molecule has 0 spiro atoms. The number of nitrogens with one attached hydrogen (secondary N) is 1. The van der Waals surface area contributed by atoms with Crippen LogP contribution in [-0.4, -0.2) is 19.1 Å². The summed E-state index contributed by atoms with van der Waals surface area (Å²) in [4.78, 5) is 11.8. The van der Waals surface area contributed by atoms with Gasteiger partial charge in [-0.2, -0.15) is 0 Å². The number of esters is 1. The lowest BCUT2D eigenvalue weighted by molar-refractivity contribution is -0.144. The van der Waals surface area contributed by atoms with Gasteiger partial charge in [0.15, 0.2) is 0 Å². The standard InChI is InChI=1S/C16H25NO2/c1-6-11(2)15(16(18)19-5)17-10-14-8-7-12(3)13(4)9-14/h7-9,11,15,17H,6,10H2,1-5H3. The molecular formula is C16H25NO2. The summed E-state index contributed by atoms with van der Waals surface area (Å²) in [5.74, 6) is 0.0807. The Hall–Kier alpha value is -1.35. The summed E-state index contributed by atoms with van der Waals surface area (Å²) in [5.41, 5.74) is 3.76. The fourth-order valence-corrected chi connectivity index (χ4v) is 2.02. The largest absolute Gasteiger partial charge is 0.468 e. The first-order chi connectivity index (χ1) is 8.99. The molecule has 0 fully saturated rings. The van der Waals surface area contributed by atoms with Crippen molar-refractivity contribution >= 4 is 5.97 Å². The van der Waals surface area contributed by atoms with Crippen LogP contribution in [0.3, 0.4) is 0 Å². The highest BCUT2D eigenvalue weighted by Gasteiger charge is 2.23. The van der Waals surface area contributed by atoms with Crippen LogP contribution in [0.2, 0.25) is 0 Å². The minimum Gasteiger partial charge on any atom is -0.468 e. The third kappa shape index (κ3) is 4.35. The van der Waals surface area contributed by atoms with Gasteiger partial charge in [-0.05, 0) is 36.5 Å². The lowest BCUT2D eigenvalue weighted by Gasteiger charge is -2.22. The van der Waals surface area contributed by atoms with Crippen molar-refractivity contribution in [3.05, 3.63) is 34.9 Å². The quantitative estimate of drug-likeness (QED) is 0.802. The first kappa shape index (κ1) is 15.7. The van der Waals surface area contributed by atoms with E-state index in [2.05, 4.69) is 51.2 Å².